The third-order valence-corrected chi connectivity index (χ3v) is 4.74. The highest BCUT2D eigenvalue weighted by molar-refractivity contribution is 5.79. The van der Waals surface area contributed by atoms with E-state index >= 15 is 0 Å². The largest absolute Gasteiger partial charge is 0.493 e. The van der Waals surface area contributed by atoms with E-state index in [0.717, 1.165) is 53.9 Å². The van der Waals surface area contributed by atoms with E-state index in [1.165, 1.54) is 5.56 Å². The molecule has 3 rings (SSSR count). The van der Waals surface area contributed by atoms with E-state index in [-0.39, 0.29) is 0 Å². The van der Waals surface area contributed by atoms with Crippen molar-refractivity contribution in [2.24, 2.45) is 4.99 Å². The first-order chi connectivity index (χ1) is 15.2. The van der Waals surface area contributed by atoms with Crippen LogP contribution in [-0.2, 0) is 13.0 Å². The minimum atomic E-state index is 0.534. The number of benzene rings is 2. The Bertz CT molecular complexity index is 970. The Morgan fingerprint density at radius 2 is 1.90 bits per heavy atom. The van der Waals surface area contributed by atoms with Gasteiger partial charge in [0, 0.05) is 25.2 Å². The van der Waals surface area contributed by atoms with Crippen LogP contribution in [0.2, 0.25) is 0 Å². The van der Waals surface area contributed by atoms with Crippen molar-refractivity contribution in [3.63, 3.8) is 0 Å². The summed E-state index contributed by atoms with van der Waals surface area (Å²) in [7, 11) is 3.41. The maximum Gasteiger partial charge on any atom is 0.191 e. The fraction of sp³-hybridized carbons (Fsp3) is 0.333. The van der Waals surface area contributed by atoms with Gasteiger partial charge in [-0.1, -0.05) is 41.6 Å². The van der Waals surface area contributed by atoms with Crippen LogP contribution in [0.15, 0.2) is 64.1 Å². The second kappa shape index (κ2) is 11.6. The molecule has 7 heteroatoms. The van der Waals surface area contributed by atoms with Crippen LogP contribution >= 0.6 is 0 Å². The fourth-order valence-corrected chi connectivity index (χ4v) is 3.17. The molecule has 7 nitrogen and oxygen atoms in total. The molecular weight excluding hydrogens is 392 g/mol. The third-order valence-electron chi connectivity index (χ3n) is 4.74. The molecule has 1 heterocycles. The number of methoxy groups -OCH3 is 1. The maximum absolute atomic E-state index is 5.65. The topological polar surface area (TPSA) is 80.9 Å². The standard InChI is InChI=1S/C24H30N4O3/c1-4-30-23-15-18(12-13-21(23)29-3)9-8-14-26-24(25-2)27-17-20-16-22(31-28-20)19-10-6-5-7-11-19/h5-7,10-13,15-16H,4,8-9,14,17H2,1-3H3,(H2,25,26,27). The molecule has 1 aromatic heterocycles. The molecule has 2 N–H and O–H groups in total. The molecule has 3 aromatic rings. The summed E-state index contributed by atoms with van der Waals surface area (Å²) in [4.78, 5) is 4.27. The lowest BCUT2D eigenvalue weighted by Gasteiger charge is -2.12. The molecule has 0 aliphatic heterocycles. The Morgan fingerprint density at radius 3 is 2.65 bits per heavy atom. The summed E-state index contributed by atoms with van der Waals surface area (Å²) < 4.78 is 16.4. The molecule has 0 unspecified atom stereocenters. The zero-order valence-corrected chi connectivity index (χ0v) is 18.4. The summed E-state index contributed by atoms with van der Waals surface area (Å²) >= 11 is 0. The highest BCUT2D eigenvalue weighted by atomic mass is 16.5. The van der Waals surface area contributed by atoms with E-state index in [4.69, 9.17) is 14.0 Å². The SMILES string of the molecule is CCOc1cc(CCCNC(=NC)NCc2cc(-c3ccccc3)on2)ccc1OC. The molecule has 164 valence electrons. The Hall–Kier alpha value is -3.48. The molecule has 0 spiro atoms. The van der Waals surface area contributed by atoms with Crippen LogP contribution in [0.25, 0.3) is 11.3 Å². The molecular formula is C24H30N4O3. The van der Waals surface area contributed by atoms with E-state index in [2.05, 4.69) is 26.8 Å². The highest BCUT2D eigenvalue weighted by Gasteiger charge is 2.08. The predicted octanol–water partition coefficient (Wildman–Crippen LogP) is 4.05. The van der Waals surface area contributed by atoms with Gasteiger partial charge in [-0.2, -0.15) is 0 Å². The summed E-state index contributed by atoms with van der Waals surface area (Å²) in [6, 6.07) is 17.9. The Morgan fingerprint density at radius 1 is 1.06 bits per heavy atom. The first kappa shape index (κ1) is 22.2. The van der Waals surface area contributed by atoms with Gasteiger partial charge in [0.05, 0.1) is 20.3 Å². The van der Waals surface area contributed by atoms with Crippen LogP contribution < -0.4 is 20.1 Å². The van der Waals surface area contributed by atoms with Crippen LogP contribution in [0.4, 0.5) is 0 Å². The number of hydrogen-bond donors (Lipinski definition) is 2. The van der Waals surface area contributed by atoms with Crippen molar-refractivity contribution in [3.05, 3.63) is 65.9 Å². The van der Waals surface area contributed by atoms with Gasteiger partial charge >= 0.3 is 0 Å². The van der Waals surface area contributed by atoms with Crippen molar-refractivity contribution in [2.45, 2.75) is 26.3 Å². The Labute approximate surface area is 183 Å². The smallest absolute Gasteiger partial charge is 0.191 e. The summed E-state index contributed by atoms with van der Waals surface area (Å²) in [6.45, 7) is 3.91. The van der Waals surface area contributed by atoms with Gasteiger partial charge in [-0.25, -0.2) is 0 Å². The minimum absolute atomic E-state index is 0.534. The van der Waals surface area contributed by atoms with Gasteiger partial charge in [0.2, 0.25) is 0 Å². The molecule has 2 aromatic carbocycles. The van der Waals surface area contributed by atoms with Crippen molar-refractivity contribution in [1.29, 1.82) is 0 Å². The summed E-state index contributed by atoms with van der Waals surface area (Å²) in [6.07, 6.45) is 1.89. The zero-order valence-electron chi connectivity index (χ0n) is 18.4. The van der Waals surface area contributed by atoms with Crippen molar-refractivity contribution in [1.82, 2.24) is 15.8 Å². The number of ether oxygens (including phenoxy) is 2. The van der Waals surface area contributed by atoms with Gasteiger partial charge in [0.15, 0.2) is 23.2 Å². The number of aromatic nitrogens is 1. The van der Waals surface area contributed by atoms with Gasteiger partial charge in [-0.05, 0) is 37.5 Å². The second-order valence-electron chi connectivity index (χ2n) is 6.92. The number of nitrogens with one attached hydrogen (secondary N) is 2. The van der Waals surface area contributed by atoms with Crippen molar-refractivity contribution in [2.75, 3.05) is 27.3 Å². The average molecular weight is 423 g/mol. The van der Waals surface area contributed by atoms with Crippen molar-refractivity contribution >= 4 is 5.96 Å². The fourth-order valence-electron chi connectivity index (χ4n) is 3.17. The first-order valence-electron chi connectivity index (χ1n) is 10.5. The molecule has 0 amide bonds. The van der Waals surface area contributed by atoms with Crippen LogP contribution in [-0.4, -0.2) is 38.4 Å². The number of hydrogen-bond acceptors (Lipinski definition) is 5. The summed E-state index contributed by atoms with van der Waals surface area (Å²) in [5.74, 6) is 3.03. The molecule has 0 saturated carbocycles. The third kappa shape index (κ3) is 6.50. The Balaban J connectivity index is 1.43. The molecule has 0 fully saturated rings. The quantitative estimate of drug-likeness (QED) is 0.292. The Kier molecular flexibility index (Phi) is 8.34. The van der Waals surface area contributed by atoms with Gasteiger partial charge in [0.25, 0.3) is 0 Å². The lowest BCUT2D eigenvalue weighted by Crippen LogP contribution is -2.37. The van der Waals surface area contributed by atoms with Crippen molar-refractivity contribution < 1.29 is 14.0 Å². The minimum Gasteiger partial charge on any atom is -0.493 e. The normalized spacial score (nSPS) is 11.3. The predicted molar refractivity (Wildman–Crippen MR) is 123 cm³/mol. The van der Waals surface area contributed by atoms with E-state index < -0.39 is 0 Å². The lowest BCUT2D eigenvalue weighted by atomic mass is 10.1. The summed E-state index contributed by atoms with van der Waals surface area (Å²) in [5.41, 5.74) is 3.04. The number of guanidine groups is 1. The molecule has 0 saturated heterocycles. The number of nitrogens with zero attached hydrogens (tertiary/aromatic N) is 2. The van der Waals surface area contributed by atoms with Crippen molar-refractivity contribution in [3.8, 4) is 22.8 Å². The zero-order chi connectivity index (χ0) is 21.9. The molecule has 0 radical (unpaired) electrons. The van der Waals surface area contributed by atoms with E-state index in [1.807, 2.05) is 55.5 Å². The molecule has 0 atom stereocenters. The first-order valence-corrected chi connectivity index (χ1v) is 10.5. The van der Waals surface area contributed by atoms with Gasteiger partial charge in [-0.3, -0.25) is 4.99 Å². The molecule has 0 aliphatic carbocycles. The van der Waals surface area contributed by atoms with Crippen LogP contribution in [0.1, 0.15) is 24.6 Å². The van der Waals surface area contributed by atoms with Crippen LogP contribution in [0.5, 0.6) is 11.5 Å². The lowest BCUT2D eigenvalue weighted by molar-refractivity contribution is 0.310. The van der Waals surface area contributed by atoms with Crippen LogP contribution in [0.3, 0.4) is 0 Å². The van der Waals surface area contributed by atoms with Crippen LogP contribution in [0, 0.1) is 0 Å². The number of rotatable bonds is 10. The number of aryl methyl sites for hydroxylation is 1. The average Bonchev–Trinajstić information content (AvgIpc) is 3.29. The number of aliphatic imine (C=N–C) groups is 1. The monoisotopic (exact) mass is 422 g/mol. The highest BCUT2D eigenvalue weighted by Crippen LogP contribution is 2.28. The summed E-state index contributed by atoms with van der Waals surface area (Å²) in [5, 5.41) is 10.7. The van der Waals surface area contributed by atoms with E-state index in [9.17, 15) is 0 Å². The maximum atomic E-state index is 5.65. The van der Waals surface area contributed by atoms with E-state index in [0.29, 0.717) is 13.2 Å². The van der Waals surface area contributed by atoms with E-state index in [1.54, 1.807) is 14.2 Å². The van der Waals surface area contributed by atoms with Gasteiger partial charge < -0.3 is 24.6 Å². The second-order valence-corrected chi connectivity index (χ2v) is 6.92. The van der Waals surface area contributed by atoms with Gasteiger partial charge in [-0.15, -0.1) is 0 Å². The molecule has 0 aliphatic rings. The van der Waals surface area contributed by atoms with Gasteiger partial charge in [0.1, 0.15) is 5.69 Å². The molecule has 0 bridgehead atoms. The molecule has 31 heavy (non-hydrogen) atoms.